The molecule has 1 aromatic carbocycles. The van der Waals surface area contributed by atoms with E-state index in [0.29, 0.717) is 61.4 Å². The summed E-state index contributed by atoms with van der Waals surface area (Å²) in [5.74, 6) is 0.833. The number of carbonyl (C=O) groups is 2. The number of ether oxygens (including phenoxy) is 2. The summed E-state index contributed by atoms with van der Waals surface area (Å²) in [5, 5.41) is 3.12. The Morgan fingerprint density at radius 2 is 2.00 bits per heavy atom. The molecule has 1 fully saturated rings. The van der Waals surface area contributed by atoms with E-state index in [2.05, 4.69) is 11.9 Å². The van der Waals surface area contributed by atoms with Gasteiger partial charge in [0.05, 0.1) is 11.6 Å². The average molecular weight is 366 g/mol. The molecule has 0 aliphatic carbocycles. The number of amides is 2. The van der Waals surface area contributed by atoms with Crippen molar-refractivity contribution in [3.8, 4) is 11.5 Å². The van der Waals surface area contributed by atoms with Crippen LogP contribution in [0.15, 0.2) is 24.8 Å². The molecule has 1 aromatic rings. The molecule has 0 spiro atoms. The van der Waals surface area contributed by atoms with Crippen molar-refractivity contribution in [2.45, 2.75) is 0 Å². The third kappa shape index (κ3) is 4.05. The summed E-state index contributed by atoms with van der Waals surface area (Å²) < 4.78 is 10.6. The molecule has 7 nitrogen and oxygen atoms in total. The first kappa shape index (κ1) is 17.6. The number of rotatable bonds is 5. The predicted molar refractivity (Wildman–Crippen MR) is 93.1 cm³/mol. The van der Waals surface area contributed by atoms with Gasteiger partial charge in [0.15, 0.2) is 11.5 Å². The molecule has 1 saturated heterocycles. The lowest BCUT2D eigenvalue weighted by molar-refractivity contribution is -0.122. The van der Waals surface area contributed by atoms with E-state index in [1.54, 1.807) is 23.1 Å². The second kappa shape index (κ2) is 7.76. The van der Waals surface area contributed by atoms with Crippen LogP contribution in [0.2, 0.25) is 5.02 Å². The number of nitrogens with one attached hydrogen (secondary N) is 1. The monoisotopic (exact) mass is 365 g/mol. The fraction of sp³-hybridized carbons (Fsp3) is 0.412. The van der Waals surface area contributed by atoms with Gasteiger partial charge in [-0.25, -0.2) is 0 Å². The van der Waals surface area contributed by atoms with Crippen LogP contribution in [0, 0.1) is 0 Å². The second-order valence-electron chi connectivity index (χ2n) is 5.85. The van der Waals surface area contributed by atoms with E-state index in [1.165, 1.54) is 0 Å². The molecular formula is C17H20ClN3O4. The standard InChI is InChI=1S/C17H20ClN3O4/c1-2-3-19-15(22)10-20-4-6-21(7-5-20)17(23)12-8-13(18)16-14(9-12)24-11-25-16/h2,8-9H,1,3-7,10-11H2,(H,19,22). The van der Waals surface area contributed by atoms with Crippen molar-refractivity contribution in [2.75, 3.05) is 46.1 Å². The van der Waals surface area contributed by atoms with Gasteiger partial charge in [0.2, 0.25) is 12.7 Å². The van der Waals surface area contributed by atoms with Gasteiger partial charge in [0.25, 0.3) is 5.91 Å². The summed E-state index contributed by atoms with van der Waals surface area (Å²) in [4.78, 5) is 28.2. The Balaban J connectivity index is 1.56. The number of benzene rings is 1. The van der Waals surface area contributed by atoms with Crippen LogP contribution in [0.5, 0.6) is 11.5 Å². The Bertz CT molecular complexity index is 687. The fourth-order valence-corrected chi connectivity index (χ4v) is 3.09. The van der Waals surface area contributed by atoms with Gasteiger partial charge >= 0.3 is 0 Å². The van der Waals surface area contributed by atoms with Crippen LogP contribution in [0.4, 0.5) is 0 Å². The highest BCUT2D eigenvalue weighted by atomic mass is 35.5. The minimum absolute atomic E-state index is 0.0396. The number of carbonyl (C=O) groups excluding carboxylic acids is 2. The first-order chi connectivity index (χ1) is 12.1. The average Bonchev–Trinajstić information content (AvgIpc) is 3.09. The SMILES string of the molecule is C=CCNC(=O)CN1CCN(C(=O)c2cc(Cl)c3c(c2)OCO3)CC1. The Hall–Kier alpha value is -2.25. The van der Waals surface area contributed by atoms with Crippen LogP contribution < -0.4 is 14.8 Å². The van der Waals surface area contributed by atoms with Crippen molar-refractivity contribution in [3.63, 3.8) is 0 Å². The van der Waals surface area contributed by atoms with E-state index in [0.717, 1.165) is 0 Å². The van der Waals surface area contributed by atoms with Crippen LogP contribution in [-0.4, -0.2) is 67.7 Å². The van der Waals surface area contributed by atoms with Gasteiger partial charge in [-0.05, 0) is 12.1 Å². The van der Waals surface area contributed by atoms with Gasteiger partial charge in [-0.1, -0.05) is 17.7 Å². The largest absolute Gasteiger partial charge is 0.454 e. The first-order valence-corrected chi connectivity index (χ1v) is 8.44. The van der Waals surface area contributed by atoms with Crippen molar-refractivity contribution < 1.29 is 19.1 Å². The van der Waals surface area contributed by atoms with Crippen molar-refractivity contribution in [2.24, 2.45) is 0 Å². The minimum Gasteiger partial charge on any atom is -0.454 e. The third-order valence-corrected chi connectivity index (χ3v) is 4.43. The lowest BCUT2D eigenvalue weighted by Gasteiger charge is -2.34. The van der Waals surface area contributed by atoms with E-state index >= 15 is 0 Å². The summed E-state index contributed by atoms with van der Waals surface area (Å²) in [7, 11) is 0. The Morgan fingerprint density at radius 1 is 1.24 bits per heavy atom. The van der Waals surface area contributed by atoms with E-state index in [1.807, 2.05) is 4.90 Å². The number of nitrogens with zero attached hydrogens (tertiary/aromatic N) is 2. The van der Waals surface area contributed by atoms with E-state index in [9.17, 15) is 9.59 Å². The maximum absolute atomic E-state index is 12.7. The topological polar surface area (TPSA) is 71.1 Å². The number of piperazine rings is 1. The maximum atomic E-state index is 12.7. The zero-order chi connectivity index (χ0) is 17.8. The molecule has 8 heteroatoms. The summed E-state index contributed by atoms with van der Waals surface area (Å²) in [5.41, 5.74) is 0.478. The zero-order valence-electron chi connectivity index (χ0n) is 13.8. The van der Waals surface area contributed by atoms with E-state index < -0.39 is 0 Å². The normalized spacial score (nSPS) is 16.6. The Labute approximate surface area is 151 Å². The van der Waals surface area contributed by atoms with Crippen molar-refractivity contribution in [1.82, 2.24) is 15.1 Å². The van der Waals surface area contributed by atoms with Crippen LogP contribution in [0.25, 0.3) is 0 Å². The number of hydrogen-bond donors (Lipinski definition) is 1. The summed E-state index contributed by atoms with van der Waals surface area (Å²) >= 11 is 6.14. The molecule has 0 unspecified atom stereocenters. The summed E-state index contributed by atoms with van der Waals surface area (Å²) in [6.07, 6.45) is 1.64. The maximum Gasteiger partial charge on any atom is 0.254 e. The lowest BCUT2D eigenvalue weighted by Crippen LogP contribution is -2.51. The van der Waals surface area contributed by atoms with E-state index in [-0.39, 0.29) is 18.6 Å². The number of fused-ring (bicyclic) bond motifs is 1. The van der Waals surface area contributed by atoms with Crippen LogP contribution in [0.3, 0.4) is 0 Å². The molecule has 2 aliphatic rings. The molecule has 134 valence electrons. The summed E-state index contributed by atoms with van der Waals surface area (Å²) in [6.45, 7) is 6.86. The second-order valence-corrected chi connectivity index (χ2v) is 6.26. The lowest BCUT2D eigenvalue weighted by atomic mass is 10.1. The smallest absolute Gasteiger partial charge is 0.254 e. The molecule has 3 rings (SSSR count). The quantitative estimate of drug-likeness (QED) is 0.792. The molecule has 1 N–H and O–H groups in total. The van der Waals surface area contributed by atoms with Gasteiger partial charge in [-0.15, -0.1) is 6.58 Å². The summed E-state index contributed by atoms with van der Waals surface area (Å²) in [6, 6.07) is 3.26. The van der Waals surface area contributed by atoms with E-state index in [4.69, 9.17) is 21.1 Å². The third-order valence-electron chi connectivity index (χ3n) is 4.14. The highest BCUT2D eigenvalue weighted by Gasteiger charge is 2.26. The zero-order valence-corrected chi connectivity index (χ0v) is 14.6. The molecule has 0 atom stereocenters. The minimum atomic E-state index is -0.101. The van der Waals surface area contributed by atoms with Crippen molar-refractivity contribution in [1.29, 1.82) is 0 Å². The molecule has 0 aromatic heterocycles. The highest BCUT2D eigenvalue weighted by Crippen LogP contribution is 2.40. The molecular weight excluding hydrogens is 346 g/mol. The molecule has 2 amide bonds. The molecule has 0 saturated carbocycles. The number of hydrogen-bond acceptors (Lipinski definition) is 5. The predicted octanol–water partition coefficient (Wildman–Crippen LogP) is 1.13. The van der Waals surface area contributed by atoms with Crippen molar-refractivity contribution >= 4 is 23.4 Å². The van der Waals surface area contributed by atoms with Crippen molar-refractivity contribution in [3.05, 3.63) is 35.4 Å². The van der Waals surface area contributed by atoms with Crippen LogP contribution in [0.1, 0.15) is 10.4 Å². The molecule has 0 bridgehead atoms. The Morgan fingerprint density at radius 3 is 2.72 bits per heavy atom. The van der Waals surface area contributed by atoms with Gasteiger partial charge in [0, 0.05) is 38.3 Å². The molecule has 2 heterocycles. The van der Waals surface area contributed by atoms with Crippen LogP contribution in [-0.2, 0) is 4.79 Å². The van der Waals surface area contributed by atoms with Gasteiger partial charge in [0.1, 0.15) is 0 Å². The number of halogens is 1. The first-order valence-electron chi connectivity index (χ1n) is 8.07. The molecule has 25 heavy (non-hydrogen) atoms. The fourth-order valence-electron chi connectivity index (χ4n) is 2.83. The molecule has 2 aliphatic heterocycles. The Kier molecular flexibility index (Phi) is 5.45. The van der Waals surface area contributed by atoms with Crippen LogP contribution >= 0.6 is 11.6 Å². The van der Waals surface area contributed by atoms with Gasteiger partial charge in [-0.3, -0.25) is 14.5 Å². The van der Waals surface area contributed by atoms with Gasteiger partial charge < -0.3 is 19.7 Å². The highest BCUT2D eigenvalue weighted by molar-refractivity contribution is 6.32. The molecule has 0 radical (unpaired) electrons. The van der Waals surface area contributed by atoms with Gasteiger partial charge in [-0.2, -0.15) is 0 Å².